The molecule has 0 unspecified atom stereocenters. The van der Waals surface area contributed by atoms with Gasteiger partial charge in [0.25, 0.3) is 5.56 Å². The van der Waals surface area contributed by atoms with Crippen molar-refractivity contribution in [3.8, 4) is 0 Å². The maximum atomic E-state index is 13.2. The van der Waals surface area contributed by atoms with E-state index in [9.17, 15) is 9.18 Å². The van der Waals surface area contributed by atoms with E-state index in [2.05, 4.69) is 23.7 Å². The largest absolute Gasteiger partial charge is 0.360 e. The summed E-state index contributed by atoms with van der Waals surface area (Å²) in [6.07, 6.45) is 3.21. The molecule has 7 heteroatoms. The number of rotatable bonds is 3. The Bertz CT molecular complexity index is 1110. The van der Waals surface area contributed by atoms with Gasteiger partial charge in [-0.2, -0.15) is 0 Å². The number of quaternary nitrogens is 1. The third-order valence-corrected chi connectivity index (χ3v) is 7.95. The minimum absolute atomic E-state index is 0.0262. The lowest BCUT2D eigenvalue weighted by Crippen LogP contribution is -3.14. The molecular weight excluding hydrogens is 399 g/mol. The average molecular weight is 428 g/mol. The van der Waals surface area contributed by atoms with Crippen molar-refractivity contribution < 1.29 is 9.29 Å². The molecule has 0 radical (unpaired) electrons. The summed E-state index contributed by atoms with van der Waals surface area (Å²) in [5, 5.41) is 0.828. The first kappa shape index (κ1) is 19.7. The van der Waals surface area contributed by atoms with Gasteiger partial charge in [0, 0.05) is 10.6 Å². The van der Waals surface area contributed by atoms with E-state index in [0.717, 1.165) is 67.2 Å². The molecule has 1 aromatic carbocycles. The molecule has 3 aromatic rings. The Balaban J connectivity index is 1.34. The van der Waals surface area contributed by atoms with Gasteiger partial charge in [-0.25, -0.2) is 9.37 Å². The SMILES string of the molecule is C[C@H]1CCc2c(sc3nc([C@H](C)[NH+]4CCN(c5ccc(F)cc5)CC4)[nH]c(=O)c23)C1. The van der Waals surface area contributed by atoms with E-state index in [1.165, 1.54) is 27.5 Å². The normalized spacial score (nSPS) is 21.0. The van der Waals surface area contributed by atoms with Crippen LogP contribution in [-0.2, 0) is 12.8 Å². The first-order valence-corrected chi connectivity index (χ1v) is 11.7. The highest BCUT2D eigenvalue weighted by molar-refractivity contribution is 7.18. The molecule has 0 spiro atoms. The van der Waals surface area contributed by atoms with Gasteiger partial charge in [0.05, 0.1) is 31.6 Å². The van der Waals surface area contributed by atoms with Crippen LogP contribution in [0.3, 0.4) is 0 Å². The lowest BCUT2D eigenvalue weighted by Gasteiger charge is -2.36. The number of fused-ring (bicyclic) bond motifs is 3. The molecule has 0 amide bonds. The first-order chi connectivity index (χ1) is 14.5. The van der Waals surface area contributed by atoms with Crippen molar-refractivity contribution in [1.29, 1.82) is 0 Å². The molecule has 2 N–H and O–H groups in total. The summed E-state index contributed by atoms with van der Waals surface area (Å²) >= 11 is 1.72. The second-order valence-electron chi connectivity index (χ2n) is 8.83. The first-order valence-electron chi connectivity index (χ1n) is 10.9. The number of piperazine rings is 1. The van der Waals surface area contributed by atoms with Crippen molar-refractivity contribution in [1.82, 2.24) is 9.97 Å². The number of nitrogens with one attached hydrogen (secondary N) is 2. The zero-order valence-corrected chi connectivity index (χ0v) is 18.3. The molecule has 0 saturated carbocycles. The molecule has 2 atom stereocenters. The van der Waals surface area contributed by atoms with Crippen LogP contribution < -0.4 is 15.4 Å². The third-order valence-electron chi connectivity index (χ3n) is 6.80. The van der Waals surface area contributed by atoms with E-state index >= 15 is 0 Å². The number of benzene rings is 1. The van der Waals surface area contributed by atoms with Crippen molar-refractivity contribution in [2.75, 3.05) is 31.1 Å². The number of nitrogens with zero attached hydrogens (tertiary/aromatic N) is 2. The van der Waals surface area contributed by atoms with E-state index in [0.29, 0.717) is 5.92 Å². The van der Waals surface area contributed by atoms with Gasteiger partial charge in [-0.1, -0.05) is 6.92 Å². The summed E-state index contributed by atoms with van der Waals surface area (Å²) in [5.74, 6) is 1.28. The monoisotopic (exact) mass is 427 g/mol. The average Bonchev–Trinajstić information content (AvgIpc) is 3.11. The molecule has 5 nitrogen and oxygen atoms in total. The lowest BCUT2D eigenvalue weighted by atomic mass is 9.89. The number of aromatic amines is 1. The number of H-pyrrole nitrogens is 1. The Morgan fingerprint density at radius 3 is 2.73 bits per heavy atom. The van der Waals surface area contributed by atoms with Crippen molar-refractivity contribution in [3.63, 3.8) is 0 Å². The fourth-order valence-corrected chi connectivity index (χ4v) is 6.29. The zero-order chi connectivity index (χ0) is 20.8. The molecular formula is C23H28FN4OS+. The second-order valence-corrected chi connectivity index (χ2v) is 9.91. The predicted octanol–water partition coefficient (Wildman–Crippen LogP) is 2.71. The highest BCUT2D eigenvalue weighted by atomic mass is 32.1. The Kier molecular flexibility index (Phi) is 5.11. The van der Waals surface area contributed by atoms with Crippen LogP contribution in [0.1, 0.15) is 42.6 Å². The Morgan fingerprint density at radius 1 is 1.27 bits per heavy atom. The number of hydrogen-bond donors (Lipinski definition) is 2. The van der Waals surface area contributed by atoms with Crippen LogP contribution in [0.25, 0.3) is 10.2 Å². The van der Waals surface area contributed by atoms with E-state index in [1.54, 1.807) is 11.3 Å². The van der Waals surface area contributed by atoms with Gasteiger partial charge in [-0.3, -0.25) is 4.79 Å². The molecule has 2 aliphatic rings. The van der Waals surface area contributed by atoms with Crippen LogP contribution in [0.15, 0.2) is 29.1 Å². The lowest BCUT2D eigenvalue weighted by molar-refractivity contribution is -0.930. The highest BCUT2D eigenvalue weighted by Gasteiger charge is 2.29. The Labute approximate surface area is 179 Å². The van der Waals surface area contributed by atoms with Gasteiger partial charge in [-0.15, -0.1) is 11.3 Å². The van der Waals surface area contributed by atoms with Crippen LogP contribution in [0.5, 0.6) is 0 Å². The molecule has 5 rings (SSSR count). The van der Waals surface area contributed by atoms with Crippen molar-refractivity contribution in [3.05, 3.63) is 56.7 Å². The summed E-state index contributed by atoms with van der Waals surface area (Å²) in [4.78, 5) is 26.9. The quantitative estimate of drug-likeness (QED) is 0.676. The smallest absolute Gasteiger partial charge is 0.260 e. The Hall–Kier alpha value is -2.25. The maximum absolute atomic E-state index is 13.2. The molecule has 30 heavy (non-hydrogen) atoms. The van der Waals surface area contributed by atoms with Crippen molar-refractivity contribution in [2.24, 2.45) is 5.92 Å². The summed E-state index contributed by atoms with van der Waals surface area (Å²) in [5.41, 5.74) is 2.33. The number of halogens is 1. The molecule has 2 aromatic heterocycles. The van der Waals surface area contributed by atoms with Gasteiger partial charge in [0.15, 0.2) is 5.82 Å². The van der Waals surface area contributed by atoms with Crippen molar-refractivity contribution in [2.45, 2.75) is 39.2 Å². The summed E-state index contributed by atoms with van der Waals surface area (Å²) in [6, 6.07) is 6.85. The van der Waals surface area contributed by atoms with Crippen LogP contribution in [-0.4, -0.2) is 36.1 Å². The number of aromatic nitrogens is 2. The summed E-state index contributed by atoms with van der Waals surface area (Å²) in [7, 11) is 0. The van der Waals surface area contributed by atoms with Crippen LogP contribution in [0, 0.1) is 11.7 Å². The number of thiophene rings is 1. The summed E-state index contributed by atoms with van der Waals surface area (Å²) in [6.45, 7) is 8.17. The number of anilines is 1. The summed E-state index contributed by atoms with van der Waals surface area (Å²) < 4.78 is 13.2. The van der Waals surface area contributed by atoms with E-state index in [1.807, 2.05) is 12.1 Å². The second kappa shape index (κ2) is 7.78. The molecule has 158 valence electrons. The highest BCUT2D eigenvalue weighted by Crippen LogP contribution is 2.35. The zero-order valence-electron chi connectivity index (χ0n) is 17.5. The van der Waals surface area contributed by atoms with Crippen LogP contribution in [0.2, 0.25) is 0 Å². The van der Waals surface area contributed by atoms with Crippen LogP contribution in [0.4, 0.5) is 10.1 Å². The number of hydrogen-bond acceptors (Lipinski definition) is 4. The maximum Gasteiger partial charge on any atom is 0.260 e. The van der Waals surface area contributed by atoms with Gasteiger partial charge in [0.1, 0.15) is 16.7 Å². The number of aryl methyl sites for hydroxylation is 1. The molecule has 0 bridgehead atoms. The molecule has 3 heterocycles. The minimum Gasteiger partial charge on any atom is -0.360 e. The van der Waals surface area contributed by atoms with E-state index < -0.39 is 0 Å². The van der Waals surface area contributed by atoms with E-state index in [4.69, 9.17) is 4.98 Å². The fourth-order valence-electron chi connectivity index (χ4n) is 4.90. The third kappa shape index (κ3) is 3.54. The standard InChI is InChI=1S/C23H27FN4OS/c1-14-3-8-18-19(13-14)30-23-20(18)22(29)25-21(26-23)15(2)27-9-11-28(12-10-27)17-6-4-16(24)5-7-17/h4-7,14-15H,3,8-13H2,1-2H3,(H,25,26,29)/p+1/t14-,15-/m0/s1. The Morgan fingerprint density at radius 2 is 2.00 bits per heavy atom. The topological polar surface area (TPSA) is 53.4 Å². The van der Waals surface area contributed by atoms with Gasteiger partial charge in [-0.05, 0) is 61.9 Å². The van der Waals surface area contributed by atoms with E-state index in [-0.39, 0.29) is 17.4 Å². The molecule has 1 aliphatic carbocycles. The minimum atomic E-state index is -0.202. The molecule has 1 fully saturated rings. The van der Waals surface area contributed by atoms with Gasteiger partial charge in [0.2, 0.25) is 0 Å². The van der Waals surface area contributed by atoms with Crippen molar-refractivity contribution >= 4 is 27.2 Å². The molecule has 1 aliphatic heterocycles. The predicted molar refractivity (Wildman–Crippen MR) is 119 cm³/mol. The van der Waals surface area contributed by atoms with Gasteiger partial charge < -0.3 is 14.8 Å². The van der Waals surface area contributed by atoms with Gasteiger partial charge >= 0.3 is 0 Å². The fraction of sp³-hybridized carbons (Fsp3) is 0.478. The molecule has 1 saturated heterocycles. The van der Waals surface area contributed by atoms with Crippen LogP contribution >= 0.6 is 11.3 Å².